The Hall–Kier alpha value is -3.01. The van der Waals surface area contributed by atoms with Crippen LogP contribution in [-0.2, 0) is 0 Å². The monoisotopic (exact) mass is 379 g/mol. The largest absolute Gasteiger partial charge is 0.322 e. The molecule has 0 fully saturated rings. The van der Waals surface area contributed by atoms with Crippen LogP contribution in [0.25, 0.3) is 5.69 Å². The summed E-state index contributed by atoms with van der Waals surface area (Å²) in [5.41, 5.74) is 2.63. The van der Waals surface area contributed by atoms with Crippen molar-refractivity contribution in [2.75, 3.05) is 14.1 Å². The van der Waals surface area contributed by atoms with E-state index in [0.717, 1.165) is 0 Å². The molecule has 1 N–H and O–H groups in total. The molecular weight excluding hydrogens is 361 g/mol. The molecule has 6 heteroatoms. The zero-order valence-electron chi connectivity index (χ0n) is 14.9. The second-order valence-electron chi connectivity index (χ2n) is 5.88. The molecule has 2 aromatic carbocycles. The van der Waals surface area contributed by atoms with Gasteiger partial charge < -0.3 is 4.57 Å². The summed E-state index contributed by atoms with van der Waals surface area (Å²) in [6.07, 6.45) is 3.74. The smallest absolute Gasteiger partial charge is 0.264 e. The zero-order valence-corrected chi connectivity index (χ0v) is 15.8. The first-order valence-corrected chi connectivity index (χ1v) is 9.00. The lowest BCUT2D eigenvalue weighted by Gasteiger charge is -2.14. The van der Waals surface area contributed by atoms with Gasteiger partial charge in [0.1, 0.15) is 5.82 Å². The van der Waals surface area contributed by atoms with Gasteiger partial charge in [-0.05, 0) is 62.6 Å². The first kappa shape index (κ1) is 18.8. The lowest BCUT2D eigenvalue weighted by Crippen LogP contribution is -2.22. The molecule has 0 radical (unpaired) electrons. The maximum atomic E-state index is 13.1. The molecule has 1 aromatic heterocycles. The quantitative estimate of drug-likeness (QED) is 0.552. The summed E-state index contributed by atoms with van der Waals surface area (Å²) in [4.78, 5) is 12.7. The van der Waals surface area contributed by atoms with Crippen LogP contribution >= 0.6 is 12.1 Å². The average molecular weight is 379 g/mol. The van der Waals surface area contributed by atoms with Crippen LogP contribution in [-0.4, -0.2) is 28.9 Å². The Morgan fingerprint density at radius 2 is 1.74 bits per heavy atom. The number of carbonyl (C=O) groups excluding carboxylic acids is 1. The first-order valence-electron chi connectivity index (χ1n) is 8.23. The standard InChI is InChI=1S/C21H18FN3OS/c1-24(2)27-23-21(26)19-7-5-6-17(20(19)25-14-3-4-15-25)11-8-16-9-12-18(22)13-10-16/h3-7,9-10,12-15H,1-2H3,(H,23,26). The molecule has 0 saturated heterocycles. The minimum Gasteiger partial charge on any atom is -0.322 e. The molecule has 0 unspecified atom stereocenters. The van der Waals surface area contributed by atoms with Crippen molar-refractivity contribution in [1.29, 1.82) is 0 Å². The lowest BCUT2D eigenvalue weighted by atomic mass is 10.1. The minimum atomic E-state index is -0.300. The third kappa shape index (κ3) is 4.79. The van der Waals surface area contributed by atoms with E-state index >= 15 is 0 Å². The topological polar surface area (TPSA) is 37.3 Å². The molecule has 0 aliphatic heterocycles. The number of halogens is 1. The van der Waals surface area contributed by atoms with Gasteiger partial charge in [-0.25, -0.2) is 8.70 Å². The lowest BCUT2D eigenvalue weighted by molar-refractivity contribution is 0.0983. The Labute approximate surface area is 162 Å². The Bertz CT molecular complexity index is 987. The first-order chi connectivity index (χ1) is 13.0. The van der Waals surface area contributed by atoms with Crippen molar-refractivity contribution in [1.82, 2.24) is 13.6 Å². The van der Waals surface area contributed by atoms with Gasteiger partial charge in [-0.3, -0.25) is 9.52 Å². The molecule has 0 aliphatic carbocycles. The summed E-state index contributed by atoms with van der Waals surface area (Å²) >= 11 is 1.21. The molecule has 0 bridgehead atoms. The van der Waals surface area contributed by atoms with E-state index in [9.17, 15) is 9.18 Å². The van der Waals surface area contributed by atoms with Crippen molar-refractivity contribution in [2.24, 2.45) is 0 Å². The van der Waals surface area contributed by atoms with Gasteiger partial charge in [-0.15, -0.1) is 0 Å². The van der Waals surface area contributed by atoms with Crippen LogP contribution in [0.2, 0.25) is 0 Å². The van der Waals surface area contributed by atoms with Crippen molar-refractivity contribution in [3.05, 3.63) is 89.5 Å². The normalized spacial score (nSPS) is 10.4. The number of aromatic nitrogens is 1. The molecule has 1 heterocycles. The molecule has 136 valence electrons. The van der Waals surface area contributed by atoms with E-state index in [-0.39, 0.29) is 11.7 Å². The van der Waals surface area contributed by atoms with Gasteiger partial charge in [0.05, 0.1) is 11.3 Å². The van der Waals surface area contributed by atoms with Gasteiger partial charge in [0.15, 0.2) is 0 Å². The number of amides is 1. The van der Waals surface area contributed by atoms with Crippen LogP contribution in [0, 0.1) is 17.7 Å². The predicted octanol–water partition coefficient (Wildman–Crippen LogP) is 3.87. The molecule has 4 nitrogen and oxygen atoms in total. The van der Waals surface area contributed by atoms with E-state index in [2.05, 4.69) is 16.6 Å². The van der Waals surface area contributed by atoms with Gasteiger partial charge >= 0.3 is 0 Å². The molecule has 0 spiro atoms. The van der Waals surface area contributed by atoms with Crippen molar-refractivity contribution in [3.63, 3.8) is 0 Å². The predicted molar refractivity (Wildman–Crippen MR) is 107 cm³/mol. The maximum absolute atomic E-state index is 13.1. The highest BCUT2D eigenvalue weighted by Crippen LogP contribution is 2.21. The molecule has 3 aromatic rings. The van der Waals surface area contributed by atoms with E-state index in [1.165, 1.54) is 24.3 Å². The van der Waals surface area contributed by atoms with Gasteiger partial charge in [0.25, 0.3) is 5.91 Å². The van der Waals surface area contributed by atoms with Gasteiger partial charge in [0, 0.05) is 35.7 Å². The number of carbonyl (C=O) groups is 1. The van der Waals surface area contributed by atoms with Crippen molar-refractivity contribution in [2.45, 2.75) is 0 Å². The number of hydrogen-bond donors (Lipinski definition) is 1. The van der Waals surface area contributed by atoms with E-state index in [4.69, 9.17) is 0 Å². The molecule has 27 heavy (non-hydrogen) atoms. The molecule has 0 aliphatic rings. The number of nitrogens with one attached hydrogen (secondary N) is 1. The summed E-state index contributed by atoms with van der Waals surface area (Å²) < 4.78 is 19.5. The fourth-order valence-corrected chi connectivity index (χ4v) is 2.83. The van der Waals surface area contributed by atoms with Crippen molar-refractivity contribution in [3.8, 4) is 17.5 Å². The fraction of sp³-hybridized carbons (Fsp3) is 0.0952. The fourth-order valence-electron chi connectivity index (χ4n) is 2.45. The minimum absolute atomic E-state index is 0.206. The average Bonchev–Trinajstić information content (AvgIpc) is 3.19. The summed E-state index contributed by atoms with van der Waals surface area (Å²) in [6.45, 7) is 0. The van der Waals surface area contributed by atoms with Crippen LogP contribution in [0.1, 0.15) is 21.5 Å². The second-order valence-corrected chi connectivity index (χ2v) is 7.00. The second kappa shape index (κ2) is 8.58. The molecule has 1 amide bonds. The van der Waals surface area contributed by atoms with Gasteiger partial charge in [0.2, 0.25) is 0 Å². The third-order valence-corrected chi connectivity index (χ3v) is 4.29. The summed E-state index contributed by atoms with van der Waals surface area (Å²) in [7, 11) is 3.70. The van der Waals surface area contributed by atoms with Gasteiger partial charge in [-0.2, -0.15) is 0 Å². The SMILES string of the molecule is CN(C)SNC(=O)c1cccc(C#Cc2ccc(F)cc2)c1-n1cccc1. The van der Waals surface area contributed by atoms with Crippen LogP contribution < -0.4 is 4.72 Å². The highest BCUT2D eigenvalue weighted by molar-refractivity contribution is 7.95. The van der Waals surface area contributed by atoms with Crippen LogP contribution in [0.4, 0.5) is 4.39 Å². The summed E-state index contributed by atoms with van der Waals surface area (Å²) in [6, 6.07) is 15.2. The van der Waals surface area contributed by atoms with E-state index in [1.54, 1.807) is 28.6 Å². The maximum Gasteiger partial charge on any atom is 0.264 e. The van der Waals surface area contributed by atoms with Crippen LogP contribution in [0.3, 0.4) is 0 Å². The number of hydrogen-bond acceptors (Lipinski definition) is 3. The number of benzene rings is 2. The highest BCUT2D eigenvalue weighted by Gasteiger charge is 2.16. The Balaban J connectivity index is 2.03. The summed E-state index contributed by atoms with van der Waals surface area (Å²) in [5.74, 6) is 5.63. The highest BCUT2D eigenvalue weighted by atomic mass is 32.2. The van der Waals surface area contributed by atoms with E-state index < -0.39 is 0 Å². The molecular formula is C21H18FN3OS. The zero-order chi connectivity index (χ0) is 19.2. The van der Waals surface area contributed by atoms with Gasteiger partial charge in [-0.1, -0.05) is 17.9 Å². The Kier molecular flexibility index (Phi) is 5.97. The van der Waals surface area contributed by atoms with Crippen LogP contribution in [0.5, 0.6) is 0 Å². The number of nitrogens with zero attached hydrogens (tertiary/aromatic N) is 2. The number of rotatable bonds is 4. The van der Waals surface area contributed by atoms with Crippen molar-refractivity contribution >= 4 is 18.0 Å². The van der Waals surface area contributed by atoms with E-state index in [0.29, 0.717) is 22.4 Å². The molecule has 0 atom stereocenters. The molecule has 0 saturated carbocycles. The summed E-state index contributed by atoms with van der Waals surface area (Å²) in [5, 5.41) is 0. The molecule has 3 rings (SSSR count). The third-order valence-electron chi connectivity index (χ3n) is 3.65. The Morgan fingerprint density at radius 3 is 2.41 bits per heavy atom. The van der Waals surface area contributed by atoms with E-state index in [1.807, 2.05) is 49.3 Å². The van der Waals surface area contributed by atoms with Crippen LogP contribution in [0.15, 0.2) is 67.0 Å². The Morgan fingerprint density at radius 1 is 1.04 bits per heavy atom. The number of para-hydroxylation sites is 1. The van der Waals surface area contributed by atoms with Crippen molar-refractivity contribution < 1.29 is 9.18 Å².